The molecule has 0 saturated carbocycles. The topological polar surface area (TPSA) is 63.3 Å². The third-order valence-electron chi connectivity index (χ3n) is 1.87. The van der Waals surface area contributed by atoms with Crippen LogP contribution in [-0.2, 0) is 0 Å². The summed E-state index contributed by atoms with van der Waals surface area (Å²) in [5.41, 5.74) is 0.915. The molecule has 0 atom stereocenters. The van der Waals surface area contributed by atoms with Gasteiger partial charge < -0.3 is 9.52 Å². The Bertz CT molecular complexity index is 517. The van der Waals surface area contributed by atoms with Crippen LogP contribution in [0.4, 0.5) is 0 Å². The third-order valence-corrected chi connectivity index (χ3v) is 3.38. The Morgan fingerprint density at radius 3 is 2.93 bits per heavy atom. The first-order valence-corrected chi connectivity index (χ1v) is 5.64. The number of rotatable bonds is 2. The van der Waals surface area contributed by atoms with Gasteiger partial charge in [0, 0.05) is 0 Å². The molecule has 0 fully saturated rings. The first-order valence-electron chi connectivity index (χ1n) is 4.03. The number of furan rings is 1. The van der Waals surface area contributed by atoms with E-state index in [2.05, 4.69) is 20.9 Å². The van der Waals surface area contributed by atoms with Crippen LogP contribution in [0.2, 0.25) is 0 Å². The van der Waals surface area contributed by atoms with Crippen LogP contribution in [0.5, 0.6) is 0 Å². The van der Waals surface area contributed by atoms with E-state index in [1.54, 1.807) is 6.07 Å². The number of aromatic nitrogens is 1. The van der Waals surface area contributed by atoms with Crippen molar-refractivity contribution in [1.82, 2.24) is 4.98 Å². The highest BCUT2D eigenvalue weighted by Gasteiger charge is 2.21. The van der Waals surface area contributed by atoms with Crippen LogP contribution < -0.4 is 0 Å². The average Bonchev–Trinajstić information content (AvgIpc) is 2.71. The minimum Gasteiger partial charge on any atom is -0.476 e. The molecule has 2 rings (SSSR count). The normalized spacial score (nSPS) is 10.5. The molecule has 2 aromatic rings. The van der Waals surface area contributed by atoms with E-state index in [0.29, 0.717) is 14.6 Å². The lowest BCUT2D eigenvalue weighted by Gasteiger charge is -1.95. The summed E-state index contributed by atoms with van der Waals surface area (Å²) in [6.45, 7) is 1.86. The minimum absolute atomic E-state index is 0.0184. The molecular weight excluding hydrogens is 282 g/mol. The van der Waals surface area contributed by atoms with Gasteiger partial charge in [0.25, 0.3) is 0 Å². The van der Waals surface area contributed by atoms with Crippen LogP contribution in [0.3, 0.4) is 0 Å². The van der Waals surface area contributed by atoms with Crippen LogP contribution in [0.1, 0.15) is 16.1 Å². The van der Waals surface area contributed by atoms with Gasteiger partial charge in [-0.2, -0.15) is 0 Å². The summed E-state index contributed by atoms with van der Waals surface area (Å²) in [7, 11) is 0. The summed E-state index contributed by atoms with van der Waals surface area (Å²) >= 11 is 4.41. The first-order chi connectivity index (χ1) is 7.09. The van der Waals surface area contributed by atoms with Gasteiger partial charge in [0.15, 0.2) is 9.61 Å². The molecule has 0 amide bonds. The van der Waals surface area contributed by atoms with Gasteiger partial charge in [-0.05, 0) is 34.5 Å². The monoisotopic (exact) mass is 287 g/mol. The lowest BCUT2D eigenvalue weighted by atomic mass is 10.2. The fourth-order valence-corrected chi connectivity index (χ4v) is 2.70. The predicted molar refractivity (Wildman–Crippen MR) is 59.2 cm³/mol. The van der Waals surface area contributed by atoms with Crippen molar-refractivity contribution < 1.29 is 14.3 Å². The molecule has 0 spiro atoms. The van der Waals surface area contributed by atoms with Crippen LogP contribution in [0.15, 0.2) is 20.7 Å². The molecule has 4 nitrogen and oxygen atoms in total. The van der Waals surface area contributed by atoms with Crippen molar-refractivity contribution >= 4 is 33.2 Å². The summed E-state index contributed by atoms with van der Waals surface area (Å²) in [5.74, 6) is -0.488. The first kappa shape index (κ1) is 10.4. The molecular formula is C9H6BrNO3S. The van der Waals surface area contributed by atoms with Crippen LogP contribution in [0.25, 0.3) is 10.6 Å². The number of aromatic carboxylic acids is 1. The van der Waals surface area contributed by atoms with E-state index in [4.69, 9.17) is 9.52 Å². The minimum atomic E-state index is -1.05. The standard InChI is InChI=1S/C9H6BrNO3S/c1-4-2-3-14-6(4)7-5(8(12)13)11-9(10)15-7/h2-3H,1H3,(H,12,13). The summed E-state index contributed by atoms with van der Waals surface area (Å²) in [5, 5.41) is 8.95. The molecule has 0 saturated heterocycles. The zero-order valence-corrected chi connectivity index (χ0v) is 10.1. The number of carboxylic acid groups (broad SMARTS) is 1. The SMILES string of the molecule is Cc1ccoc1-c1sc(Br)nc1C(=O)O. The summed E-state index contributed by atoms with van der Waals surface area (Å²) < 4.78 is 5.77. The molecule has 2 aromatic heterocycles. The zero-order valence-electron chi connectivity index (χ0n) is 7.65. The second-order valence-electron chi connectivity index (χ2n) is 2.88. The Labute approximate surface area is 97.7 Å². The van der Waals surface area contributed by atoms with Gasteiger partial charge in [-0.25, -0.2) is 9.78 Å². The predicted octanol–water partition coefficient (Wildman–Crippen LogP) is 3.17. The highest BCUT2D eigenvalue weighted by atomic mass is 79.9. The van der Waals surface area contributed by atoms with Crippen molar-refractivity contribution in [1.29, 1.82) is 0 Å². The number of hydrogen-bond acceptors (Lipinski definition) is 4. The average molecular weight is 288 g/mol. The van der Waals surface area contributed by atoms with Gasteiger partial charge in [-0.3, -0.25) is 0 Å². The van der Waals surface area contributed by atoms with Gasteiger partial charge in [-0.1, -0.05) is 0 Å². The van der Waals surface area contributed by atoms with Gasteiger partial charge in [-0.15, -0.1) is 11.3 Å². The molecule has 0 aliphatic heterocycles. The van der Waals surface area contributed by atoms with Crippen molar-refractivity contribution in [2.75, 3.05) is 0 Å². The number of thiazole rings is 1. The van der Waals surface area contributed by atoms with Gasteiger partial charge >= 0.3 is 5.97 Å². The molecule has 15 heavy (non-hydrogen) atoms. The Balaban J connectivity index is 2.62. The maximum Gasteiger partial charge on any atom is 0.356 e. The highest BCUT2D eigenvalue weighted by Crippen LogP contribution is 2.35. The number of hydrogen-bond donors (Lipinski definition) is 1. The largest absolute Gasteiger partial charge is 0.476 e. The lowest BCUT2D eigenvalue weighted by Crippen LogP contribution is -1.98. The number of halogens is 1. The molecule has 0 aliphatic rings. The highest BCUT2D eigenvalue weighted by molar-refractivity contribution is 9.11. The van der Waals surface area contributed by atoms with E-state index < -0.39 is 5.97 Å². The van der Waals surface area contributed by atoms with E-state index in [0.717, 1.165) is 5.56 Å². The molecule has 78 valence electrons. The van der Waals surface area contributed by atoms with Gasteiger partial charge in [0.05, 0.1) is 6.26 Å². The van der Waals surface area contributed by atoms with Crippen LogP contribution in [-0.4, -0.2) is 16.1 Å². The zero-order chi connectivity index (χ0) is 11.0. The van der Waals surface area contributed by atoms with Crippen molar-refractivity contribution in [2.24, 2.45) is 0 Å². The molecule has 6 heteroatoms. The molecule has 0 bridgehead atoms. The fraction of sp³-hybridized carbons (Fsp3) is 0.111. The summed E-state index contributed by atoms with van der Waals surface area (Å²) in [4.78, 5) is 15.3. The van der Waals surface area contributed by atoms with Crippen LogP contribution >= 0.6 is 27.3 Å². The van der Waals surface area contributed by atoms with Gasteiger partial charge in [0.1, 0.15) is 10.6 Å². The Morgan fingerprint density at radius 1 is 1.67 bits per heavy atom. The molecule has 1 N–H and O–H groups in total. The van der Waals surface area contributed by atoms with E-state index >= 15 is 0 Å². The third kappa shape index (κ3) is 1.82. The molecule has 2 heterocycles. The van der Waals surface area contributed by atoms with Gasteiger partial charge in [0.2, 0.25) is 0 Å². The van der Waals surface area contributed by atoms with Crippen molar-refractivity contribution in [3.8, 4) is 10.6 Å². The fourth-order valence-electron chi connectivity index (χ4n) is 1.20. The quantitative estimate of drug-likeness (QED) is 0.921. The summed E-state index contributed by atoms with van der Waals surface area (Å²) in [6, 6.07) is 1.79. The maximum absolute atomic E-state index is 10.9. The summed E-state index contributed by atoms with van der Waals surface area (Å²) in [6.07, 6.45) is 1.53. The van der Waals surface area contributed by atoms with E-state index in [1.807, 2.05) is 6.92 Å². The van der Waals surface area contributed by atoms with Crippen molar-refractivity contribution in [3.63, 3.8) is 0 Å². The number of carbonyl (C=O) groups is 1. The van der Waals surface area contributed by atoms with Crippen molar-refractivity contribution in [2.45, 2.75) is 6.92 Å². The van der Waals surface area contributed by atoms with E-state index in [-0.39, 0.29) is 5.69 Å². The number of carboxylic acids is 1. The molecule has 0 aromatic carbocycles. The van der Waals surface area contributed by atoms with E-state index in [1.165, 1.54) is 17.6 Å². The second-order valence-corrected chi connectivity index (χ2v) is 5.16. The number of nitrogens with zero attached hydrogens (tertiary/aromatic N) is 1. The molecule has 0 radical (unpaired) electrons. The van der Waals surface area contributed by atoms with E-state index in [9.17, 15) is 4.79 Å². The number of aryl methyl sites for hydroxylation is 1. The van der Waals surface area contributed by atoms with Crippen molar-refractivity contribution in [3.05, 3.63) is 27.5 Å². The smallest absolute Gasteiger partial charge is 0.356 e. The Kier molecular flexibility index (Phi) is 2.62. The maximum atomic E-state index is 10.9. The lowest BCUT2D eigenvalue weighted by molar-refractivity contribution is 0.0692. The molecule has 0 unspecified atom stereocenters. The molecule has 0 aliphatic carbocycles. The van der Waals surface area contributed by atoms with Crippen LogP contribution in [0, 0.1) is 6.92 Å². The Morgan fingerprint density at radius 2 is 2.40 bits per heavy atom. The second kappa shape index (κ2) is 3.79. The Hall–Kier alpha value is -1.14.